The highest BCUT2D eigenvalue weighted by molar-refractivity contribution is 6.30. The van der Waals surface area contributed by atoms with Crippen LogP contribution in [0.2, 0.25) is 5.02 Å². The van der Waals surface area contributed by atoms with Crippen LogP contribution in [0.3, 0.4) is 0 Å². The number of aromatic nitrogens is 3. The van der Waals surface area contributed by atoms with Crippen molar-refractivity contribution in [1.82, 2.24) is 19.4 Å². The van der Waals surface area contributed by atoms with Gasteiger partial charge in [0.1, 0.15) is 12.0 Å². The molecule has 1 aromatic heterocycles. The second kappa shape index (κ2) is 9.94. The number of rotatable bonds is 7. The largest absolute Gasteiger partial charge is 0.476 e. The lowest BCUT2D eigenvalue weighted by Crippen LogP contribution is -2.49. The van der Waals surface area contributed by atoms with Gasteiger partial charge in [0, 0.05) is 11.6 Å². The van der Waals surface area contributed by atoms with Crippen molar-refractivity contribution in [3.05, 3.63) is 97.2 Å². The number of carboxylic acid groups (broad SMARTS) is 1. The van der Waals surface area contributed by atoms with Crippen LogP contribution < -0.4 is 27.1 Å². The third-order valence-corrected chi connectivity index (χ3v) is 5.44. The highest BCUT2D eigenvalue weighted by Gasteiger charge is 2.23. The molecule has 3 aromatic rings. The van der Waals surface area contributed by atoms with Gasteiger partial charge in [0.15, 0.2) is 5.70 Å². The van der Waals surface area contributed by atoms with Gasteiger partial charge in [-0.3, -0.25) is 9.55 Å². The van der Waals surface area contributed by atoms with Crippen LogP contribution in [0.25, 0.3) is 0 Å². The first-order valence-electron chi connectivity index (χ1n) is 10.6. The Morgan fingerprint density at radius 1 is 1.20 bits per heavy atom. The van der Waals surface area contributed by atoms with Crippen molar-refractivity contribution in [2.45, 2.75) is 33.4 Å². The molecule has 35 heavy (non-hydrogen) atoms. The molecule has 0 saturated carbocycles. The number of aliphatic carboxylic acids is 1. The number of hydrogen-bond acceptors (Lipinski definition) is 7. The quantitative estimate of drug-likeness (QED) is 0.450. The average molecular weight is 500 g/mol. The lowest BCUT2D eigenvalue weighted by atomic mass is 10.2. The topological polar surface area (TPSA) is 140 Å². The number of ether oxygens (including phenoxy) is 2. The van der Waals surface area contributed by atoms with Gasteiger partial charge in [-0.15, -0.1) is 0 Å². The van der Waals surface area contributed by atoms with Gasteiger partial charge in [-0.2, -0.15) is 0 Å². The van der Waals surface area contributed by atoms with Crippen LogP contribution >= 0.6 is 11.6 Å². The Morgan fingerprint density at radius 2 is 1.94 bits per heavy atom. The second-order valence-electron chi connectivity index (χ2n) is 7.62. The Balaban J connectivity index is 1.67. The van der Waals surface area contributed by atoms with E-state index in [4.69, 9.17) is 26.2 Å². The zero-order valence-electron chi connectivity index (χ0n) is 18.8. The number of nitrogens with one attached hydrogen (secondary N) is 2. The Hall–Kier alpha value is -4.25. The summed E-state index contributed by atoms with van der Waals surface area (Å²) in [6.45, 7) is 3.86. The molecule has 2 aromatic carbocycles. The molecule has 4 rings (SSSR count). The molecule has 0 amide bonds. The number of nitrogens with zero attached hydrogens (tertiary/aromatic N) is 3. The summed E-state index contributed by atoms with van der Waals surface area (Å²) in [7, 11) is 0. The van der Waals surface area contributed by atoms with Crippen LogP contribution in [0.15, 0.2) is 69.0 Å². The van der Waals surface area contributed by atoms with Gasteiger partial charge in [-0.25, -0.2) is 23.9 Å². The maximum atomic E-state index is 13.0. The summed E-state index contributed by atoms with van der Waals surface area (Å²) in [5, 5.41) is 12.1. The third kappa shape index (κ3) is 5.30. The van der Waals surface area contributed by atoms with Gasteiger partial charge in [-0.05, 0) is 55.3 Å². The van der Waals surface area contributed by atoms with Gasteiger partial charge >= 0.3 is 23.8 Å². The summed E-state index contributed by atoms with van der Waals surface area (Å²) < 4.78 is 13.3. The summed E-state index contributed by atoms with van der Waals surface area (Å²) in [5.41, 5.74) is 0.863. The first-order chi connectivity index (χ1) is 16.7. The molecule has 182 valence electrons. The Bertz CT molecular complexity index is 1490. The van der Waals surface area contributed by atoms with Gasteiger partial charge < -0.3 is 19.9 Å². The molecule has 1 atom stereocenters. The predicted octanol–water partition coefficient (Wildman–Crippen LogP) is 1.81. The fourth-order valence-electron chi connectivity index (χ4n) is 3.40. The number of aromatic amines is 1. The van der Waals surface area contributed by atoms with E-state index in [9.17, 15) is 14.4 Å². The molecule has 0 saturated heterocycles. The minimum Gasteiger partial charge on any atom is -0.476 e. The molecular weight excluding hydrogens is 478 g/mol. The first kappa shape index (κ1) is 23.9. The smallest absolute Gasteiger partial charge is 0.355 e. The molecule has 12 heteroatoms. The minimum atomic E-state index is -1.16. The van der Waals surface area contributed by atoms with E-state index in [0.29, 0.717) is 22.0 Å². The number of benzene rings is 2. The predicted molar refractivity (Wildman–Crippen MR) is 126 cm³/mol. The molecule has 0 fully saturated rings. The Morgan fingerprint density at radius 3 is 2.57 bits per heavy atom. The first-order valence-corrected chi connectivity index (χ1v) is 11.0. The van der Waals surface area contributed by atoms with E-state index in [1.54, 1.807) is 56.3 Å². The van der Waals surface area contributed by atoms with E-state index < -0.39 is 23.8 Å². The summed E-state index contributed by atoms with van der Waals surface area (Å²) in [5.74, 6) is -0.724. The number of halogens is 1. The molecule has 2 heterocycles. The lowest BCUT2D eigenvalue weighted by molar-refractivity contribution is -0.133. The summed E-state index contributed by atoms with van der Waals surface area (Å²) in [6.07, 6.45) is 0.0856. The van der Waals surface area contributed by atoms with Crippen LogP contribution in [0.4, 0.5) is 5.69 Å². The van der Waals surface area contributed by atoms with Crippen molar-refractivity contribution < 1.29 is 19.4 Å². The number of aryl methyl sites for hydroxylation is 1. The highest BCUT2D eigenvalue weighted by Crippen LogP contribution is 2.25. The van der Waals surface area contributed by atoms with Gasteiger partial charge in [0.25, 0.3) is 0 Å². The lowest BCUT2D eigenvalue weighted by Gasteiger charge is -2.16. The van der Waals surface area contributed by atoms with E-state index >= 15 is 0 Å². The standard InChI is InChI=1S/C23H22ClN5O6/c1-3-28-21(32)27-20(29(23(28)33)11-14-4-6-15(24)7-5-14)25-16-8-9-18(13(2)10-16)35-22-26-17(12-34-22)19(30)31/h4-10,12,22,26H,3,11H2,1-2H3,(H,30,31)(H,25,27,32). The fraction of sp³-hybridized carbons (Fsp3) is 0.217. The van der Waals surface area contributed by atoms with Gasteiger partial charge in [0.2, 0.25) is 5.62 Å². The van der Waals surface area contributed by atoms with Crippen molar-refractivity contribution in [2.75, 3.05) is 0 Å². The van der Waals surface area contributed by atoms with Crippen molar-refractivity contribution in [2.24, 2.45) is 4.99 Å². The number of hydrogen-bond donors (Lipinski definition) is 3. The van der Waals surface area contributed by atoms with Gasteiger partial charge in [-0.1, -0.05) is 23.7 Å². The SMILES string of the molecule is CCn1c(=O)[nH]/c(=N\c2ccc(OC3NC(C(=O)O)=CO3)c(C)c2)n(Cc2ccc(Cl)cc2)c1=O. The van der Waals surface area contributed by atoms with E-state index in [1.165, 1.54) is 4.57 Å². The van der Waals surface area contributed by atoms with Crippen LogP contribution in [-0.2, 0) is 22.6 Å². The fourth-order valence-corrected chi connectivity index (χ4v) is 3.53. The van der Waals surface area contributed by atoms with Crippen molar-refractivity contribution in [3.8, 4) is 5.75 Å². The zero-order valence-corrected chi connectivity index (χ0v) is 19.6. The number of carbonyl (C=O) groups is 1. The third-order valence-electron chi connectivity index (χ3n) is 5.19. The van der Waals surface area contributed by atoms with E-state index in [-0.39, 0.29) is 24.4 Å². The van der Waals surface area contributed by atoms with Crippen LogP contribution in [-0.4, -0.2) is 31.6 Å². The average Bonchev–Trinajstić information content (AvgIpc) is 3.29. The maximum absolute atomic E-state index is 13.0. The Labute approximate surface area is 203 Å². The monoisotopic (exact) mass is 499 g/mol. The molecule has 0 bridgehead atoms. The second-order valence-corrected chi connectivity index (χ2v) is 8.06. The molecule has 0 spiro atoms. The van der Waals surface area contributed by atoms with Crippen molar-refractivity contribution >= 4 is 23.3 Å². The van der Waals surface area contributed by atoms with Crippen LogP contribution in [0.1, 0.15) is 18.1 Å². The van der Waals surface area contributed by atoms with Crippen molar-refractivity contribution in [1.29, 1.82) is 0 Å². The molecule has 0 aliphatic carbocycles. The summed E-state index contributed by atoms with van der Waals surface area (Å²) in [6, 6.07) is 12.0. The van der Waals surface area contributed by atoms with E-state index in [0.717, 1.165) is 16.4 Å². The highest BCUT2D eigenvalue weighted by atomic mass is 35.5. The van der Waals surface area contributed by atoms with Gasteiger partial charge in [0.05, 0.1) is 12.2 Å². The molecule has 1 unspecified atom stereocenters. The molecule has 3 N–H and O–H groups in total. The van der Waals surface area contributed by atoms with Crippen LogP contribution in [0, 0.1) is 6.92 Å². The van der Waals surface area contributed by atoms with Crippen LogP contribution in [0.5, 0.6) is 5.75 Å². The van der Waals surface area contributed by atoms with E-state index in [1.807, 2.05) is 0 Å². The normalized spacial score (nSPS) is 15.3. The summed E-state index contributed by atoms with van der Waals surface area (Å²) >= 11 is 5.97. The molecule has 11 nitrogen and oxygen atoms in total. The molecule has 1 aliphatic rings. The summed E-state index contributed by atoms with van der Waals surface area (Å²) in [4.78, 5) is 43.6. The number of H-pyrrole nitrogens is 1. The Kier molecular flexibility index (Phi) is 6.78. The molecule has 0 radical (unpaired) electrons. The van der Waals surface area contributed by atoms with E-state index in [2.05, 4.69) is 15.3 Å². The number of carboxylic acids is 1. The minimum absolute atomic E-state index is 0.0869. The maximum Gasteiger partial charge on any atom is 0.355 e. The molecular formula is C23H22ClN5O6. The van der Waals surface area contributed by atoms with Crippen molar-refractivity contribution in [3.63, 3.8) is 0 Å². The zero-order chi connectivity index (χ0) is 25.1. The molecule has 1 aliphatic heterocycles.